The van der Waals surface area contributed by atoms with E-state index in [-0.39, 0.29) is 6.03 Å². The number of piperidine rings is 1. The van der Waals surface area contributed by atoms with Crippen LogP contribution in [0.2, 0.25) is 0 Å². The molecule has 8 heteroatoms. The normalized spacial score (nSPS) is 22.5. The van der Waals surface area contributed by atoms with Gasteiger partial charge in [0.15, 0.2) is 5.82 Å². The molecule has 0 spiro atoms. The van der Waals surface area contributed by atoms with E-state index in [4.69, 9.17) is 5.11 Å². The number of carbonyl (C=O) groups is 2. The maximum Gasteiger partial charge on any atom is 0.320 e. The SMILES string of the molecule is O=C(O)[C@H]1CCCN(C(=O)N2CCn3cnnc3C2)C1. The average molecular weight is 279 g/mol. The van der Waals surface area contributed by atoms with Crippen LogP contribution < -0.4 is 0 Å². The standard InChI is InChI=1S/C12H17N5O3/c18-11(19)9-2-1-3-15(6-9)12(20)16-4-5-17-8-13-14-10(17)7-16/h8-9H,1-7H2,(H,18,19)/t9-/m0/s1. The first-order valence-corrected chi connectivity index (χ1v) is 6.78. The van der Waals surface area contributed by atoms with Gasteiger partial charge in [-0.25, -0.2) is 4.79 Å². The topological polar surface area (TPSA) is 91.6 Å². The first kappa shape index (κ1) is 12.9. The van der Waals surface area contributed by atoms with E-state index < -0.39 is 11.9 Å². The summed E-state index contributed by atoms with van der Waals surface area (Å²) < 4.78 is 1.93. The van der Waals surface area contributed by atoms with Crippen molar-refractivity contribution in [2.24, 2.45) is 5.92 Å². The molecule has 108 valence electrons. The van der Waals surface area contributed by atoms with Crippen LogP contribution in [0.1, 0.15) is 18.7 Å². The third-order valence-electron chi connectivity index (χ3n) is 3.95. The quantitative estimate of drug-likeness (QED) is 0.782. The lowest BCUT2D eigenvalue weighted by Crippen LogP contribution is -2.50. The van der Waals surface area contributed by atoms with Gasteiger partial charge in [-0.15, -0.1) is 10.2 Å². The number of carboxylic acids is 1. The predicted molar refractivity (Wildman–Crippen MR) is 67.8 cm³/mol. The minimum Gasteiger partial charge on any atom is -0.481 e. The Balaban J connectivity index is 1.66. The third kappa shape index (κ3) is 2.33. The summed E-state index contributed by atoms with van der Waals surface area (Å²) in [5, 5.41) is 16.9. The summed E-state index contributed by atoms with van der Waals surface area (Å²) in [7, 11) is 0. The number of rotatable bonds is 1. The molecule has 1 aromatic heterocycles. The van der Waals surface area contributed by atoms with Gasteiger partial charge in [0.2, 0.25) is 0 Å². The maximum atomic E-state index is 12.5. The van der Waals surface area contributed by atoms with Crippen LogP contribution in [0, 0.1) is 5.92 Å². The Kier molecular flexibility index (Phi) is 3.29. The molecule has 0 radical (unpaired) electrons. The van der Waals surface area contributed by atoms with Crippen molar-refractivity contribution in [3.63, 3.8) is 0 Å². The van der Waals surface area contributed by atoms with Gasteiger partial charge in [0, 0.05) is 26.2 Å². The molecule has 1 aromatic rings. The smallest absolute Gasteiger partial charge is 0.320 e. The van der Waals surface area contributed by atoms with Crippen LogP contribution >= 0.6 is 0 Å². The highest BCUT2D eigenvalue weighted by Crippen LogP contribution is 2.19. The second-order valence-electron chi connectivity index (χ2n) is 5.27. The Morgan fingerprint density at radius 3 is 2.90 bits per heavy atom. The molecule has 2 aliphatic heterocycles. The summed E-state index contributed by atoms with van der Waals surface area (Å²) in [6.07, 6.45) is 3.05. The number of aliphatic carboxylic acids is 1. The molecule has 0 unspecified atom stereocenters. The molecular formula is C12H17N5O3. The summed E-state index contributed by atoms with van der Waals surface area (Å²) in [5.41, 5.74) is 0. The van der Waals surface area contributed by atoms with Crippen molar-refractivity contribution >= 4 is 12.0 Å². The number of amides is 2. The number of likely N-dealkylation sites (tertiary alicyclic amines) is 1. The van der Waals surface area contributed by atoms with Gasteiger partial charge in [-0.3, -0.25) is 4.79 Å². The molecule has 1 fully saturated rings. The fourth-order valence-electron chi connectivity index (χ4n) is 2.78. The van der Waals surface area contributed by atoms with Gasteiger partial charge in [-0.05, 0) is 12.8 Å². The van der Waals surface area contributed by atoms with E-state index in [0.29, 0.717) is 39.1 Å². The number of fused-ring (bicyclic) bond motifs is 1. The van der Waals surface area contributed by atoms with E-state index in [9.17, 15) is 9.59 Å². The van der Waals surface area contributed by atoms with Crippen LogP contribution in [-0.4, -0.2) is 61.3 Å². The van der Waals surface area contributed by atoms with Gasteiger partial charge in [-0.1, -0.05) is 0 Å². The molecule has 0 aromatic carbocycles. The van der Waals surface area contributed by atoms with E-state index in [1.54, 1.807) is 16.1 Å². The summed E-state index contributed by atoms with van der Waals surface area (Å²) in [6, 6.07) is -0.0924. The minimum absolute atomic E-state index is 0.0924. The van der Waals surface area contributed by atoms with Crippen LogP contribution in [0.15, 0.2) is 6.33 Å². The summed E-state index contributed by atoms with van der Waals surface area (Å²) in [4.78, 5) is 26.9. The number of hydrogen-bond acceptors (Lipinski definition) is 4. The molecule has 0 saturated carbocycles. The number of carboxylic acid groups (broad SMARTS) is 1. The van der Waals surface area contributed by atoms with Crippen LogP contribution in [0.4, 0.5) is 4.79 Å². The first-order valence-electron chi connectivity index (χ1n) is 6.78. The fraction of sp³-hybridized carbons (Fsp3) is 0.667. The van der Waals surface area contributed by atoms with Crippen molar-refractivity contribution in [1.82, 2.24) is 24.6 Å². The maximum absolute atomic E-state index is 12.5. The van der Waals surface area contributed by atoms with Gasteiger partial charge in [0.25, 0.3) is 0 Å². The molecule has 20 heavy (non-hydrogen) atoms. The van der Waals surface area contributed by atoms with Crippen molar-refractivity contribution < 1.29 is 14.7 Å². The van der Waals surface area contributed by atoms with Gasteiger partial charge in [0.1, 0.15) is 6.33 Å². The Bertz CT molecular complexity index is 529. The minimum atomic E-state index is -0.819. The average Bonchev–Trinajstić information content (AvgIpc) is 2.94. The van der Waals surface area contributed by atoms with Crippen LogP contribution in [0.5, 0.6) is 0 Å². The Morgan fingerprint density at radius 1 is 1.25 bits per heavy atom. The second-order valence-corrected chi connectivity index (χ2v) is 5.27. The molecular weight excluding hydrogens is 262 g/mol. The van der Waals surface area contributed by atoms with E-state index in [2.05, 4.69) is 10.2 Å². The Morgan fingerprint density at radius 2 is 2.10 bits per heavy atom. The summed E-state index contributed by atoms with van der Waals surface area (Å²) in [6.45, 7) is 2.67. The van der Waals surface area contributed by atoms with Crippen LogP contribution in [0.3, 0.4) is 0 Å². The number of aromatic nitrogens is 3. The predicted octanol–water partition coefficient (Wildman–Crippen LogP) is 0.0103. The van der Waals surface area contributed by atoms with Crippen molar-refractivity contribution in [2.75, 3.05) is 19.6 Å². The Labute approximate surface area is 116 Å². The highest BCUT2D eigenvalue weighted by Gasteiger charge is 2.32. The molecule has 3 rings (SSSR count). The fourth-order valence-corrected chi connectivity index (χ4v) is 2.78. The van der Waals surface area contributed by atoms with E-state index >= 15 is 0 Å². The summed E-state index contributed by atoms with van der Waals surface area (Å²) in [5.74, 6) is -0.488. The molecule has 2 amide bonds. The lowest BCUT2D eigenvalue weighted by Gasteiger charge is -2.36. The number of urea groups is 1. The third-order valence-corrected chi connectivity index (χ3v) is 3.95. The zero-order chi connectivity index (χ0) is 14.1. The first-order chi connectivity index (χ1) is 9.65. The molecule has 2 aliphatic rings. The van der Waals surface area contributed by atoms with E-state index in [0.717, 1.165) is 12.2 Å². The highest BCUT2D eigenvalue weighted by molar-refractivity contribution is 5.76. The van der Waals surface area contributed by atoms with Gasteiger partial charge >= 0.3 is 12.0 Å². The van der Waals surface area contributed by atoms with Crippen LogP contribution in [0.25, 0.3) is 0 Å². The molecule has 1 atom stereocenters. The van der Waals surface area contributed by atoms with Crippen molar-refractivity contribution in [1.29, 1.82) is 0 Å². The van der Waals surface area contributed by atoms with E-state index in [1.165, 1.54) is 0 Å². The monoisotopic (exact) mass is 279 g/mol. The van der Waals surface area contributed by atoms with Crippen molar-refractivity contribution in [3.8, 4) is 0 Å². The Hall–Kier alpha value is -2.12. The van der Waals surface area contributed by atoms with Crippen molar-refractivity contribution in [2.45, 2.75) is 25.9 Å². The molecule has 1 N–H and O–H groups in total. The van der Waals surface area contributed by atoms with Crippen LogP contribution in [-0.2, 0) is 17.9 Å². The molecule has 8 nitrogen and oxygen atoms in total. The van der Waals surface area contributed by atoms with E-state index in [1.807, 2.05) is 4.57 Å². The zero-order valence-electron chi connectivity index (χ0n) is 11.1. The van der Waals surface area contributed by atoms with Gasteiger partial charge < -0.3 is 19.5 Å². The number of hydrogen-bond donors (Lipinski definition) is 1. The lowest BCUT2D eigenvalue weighted by atomic mass is 9.98. The zero-order valence-corrected chi connectivity index (χ0v) is 11.1. The largest absolute Gasteiger partial charge is 0.481 e. The second kappa shape index (κ2) is 5.10. The number of nitrogens with zero attached hydrogens (tertiary/aromatic N) is 5. The van der Waals surface area contributed by atoms with Gasteiger partial charge in [-0.2, -0.15) is 0 Å². The highest BCUT2D eigenvalue weighted by atomic mass is 16.4. The molecule has 1 saturated heterocycles. The molecule has 3 heterocycles. The lowest BCUT2D eigenvalue weighted by molar-refractivity contribution is -0.143. The van der Waals surface area contributed by atoms with Gasteiger partial charge in [0.05, 0.1) is 12.5 Å². The van der Waals surface area contributed by atoms with Crippen molar-refractivity contribution in [3.05, 3.63) is 12.2 Å². The molecule has 0 aliphatic carbocycles. The molecule has 0 bridgehead atoms. The number of carbonyl (C=O) groups excluding carboxylic acids is 1. The summed E-state index contributed by atoms with van der Waals surface area (Å²) >= 11 is 0.